The number of morpholine rings is 1. The molecule has 0 aliphatic carbocycles. The molecule has 10 heteroatoms. The first kappa shape index (κ1) is 28.1. The van der Waals surface area contributed by atoms with Gasteiger partial charge < -0.3 is 14.0 Å². The van der Waals surface area contributed by atoms with Gasteiger partial charge >= 0.3 is 12.4 Å². The first-order valence-electron chi connectivity index (χ1n) is 12.0. The first-order valence-corrected chi connectivity index (χ1v) is 12.0. The topological polar surface area (TPSA) is 18.5 Å². The van der Waals surface area contributed by atoms with Crippen molar-refractivity contribution in [2.24, 2.45) is 0 Å². The van der Waals surface area contributed by atoms with Crippen LogP contribution in [0.2, 0.25) is 0 Å². The monoisotopic (exact) mass is 542 g/mol. The van der Waals surface area contributed by atoms with Gasteiger partial charge in [0.1, 0.15) is 44.2 Å². The van der Waals surface area contributed by atoms with E-state index in [9.17, 15) is 30.7 Å². The lowest BCUT2D eigenvalue weighted by atomic mass is 9.94. The number of rotatable bonds is 7. The van der Waals surface area contributed by atoms with Crippen LogP contribution < -0.4 is 0 Å². The SMILES string of the molecule is COCC[N+]1(Cc2ccccc2)CC(c2cc(C(F)(F)F)cc(C(F)(F)F)c2)OCC1c1ccc(F)cc1. The van der Waals surface area contributed by atoms with Crippen LogP contribution in [0.15, 0.2) is 72.8 Å². The van der Waals surface area contributed by atoms with E-state index in [1.807, 2.05) is 30.3 Å². The molecular formula is C28H27F7NO2+. The van der Waals surface area contributed by atoms with Gasteiger partial charge in [-0.15, -0.1) is 0 Å². The van der Waals surface area contributed by atoms with E-state index < -0.39 is 35.4 Å². The van der Waals surface area contributed by atoms with Gasteiger partial charge in [0.2, 0.25) is 0 Å². The fourth-order valence-electron chi connectivity index (χ4n) is 5.06. The summed E-state index contributed by atoms with van der Waals surface area (Å²) in [6.07, 6.45) is -11.0. The van der Waals surface area contributed by atoms with Crippen LogP contribution in [-0.4, -0.2) is 37.9 Å². The molecule has 0 aromatic heterocycles. The highest BCUT2D eigenvalue weighted by molar-refractivity contribution is 5.35. The molecule has 0 saturated carbocycles. The molecule has 204 valence electrons. The molecule has 3 aromatic rings. The minimum absolute atomic E-state index is 0.00441. The van der Waals surface area contributed by atoms with E-state index in [1.54, 1.807) is 12.1 Å². The zero-order chi connectivity index (χ0) is 27.6. The minimum atomic E-state index is -4.96. The Morgan fingerprint density at radius 2 is 1.45 bits per heavy atom. The lowest BCUT2D eigenvalue weighted by Crippen LogP contribution is -2.58. The van der Waals surface area contributed by atoms with E-state index in [2.05, 4.69) is 0 Å². The van der Waals surface area contributed by atoms with Crippen molar-refractivity contribution in [1.29, 1.82) is 0 Å². The van der Waals surface area contributed by atoms with Gasteiger partial charge in [-0.2, -0.15) is 26.3 Å². The van der Waals surface area contributed by atoms with Gasteiger partial charge in [0.25, 0.3) is 0 Å². The van der Waals surface area contributed by atoms with Crippen molar-refractivity contribution in [2.75, 3.05) is 33.4 Å². The lowest BCUT2D eigenvalue weighted by molar-refractivity contribution is -0.980. The molecule has 1 fully saturated rings. The minimum Gasteiger partial charge on any atom is -0.379 e. The van der Waals surface area contributed by atoms with Gasteiger partial charge in [-0.05, 0) is 35.9 Å². The Balaban J connectivity index is 1.81. The van der Waals surface area contributed by atoms with E-state index in [0.29, 0.717) is 13.1 Å². The molecule has 0 radical (unpaired) electrons. The summed E-state index contributed by atoms with van der Waals surface area (Å²) < 4.78 is 107. The lowest BCUT2D eigenvalue weighted by Gasteiger charge is -2.50. The van der Waals surface area contributed by atoms with Crippen LogP contribution in [0.4, 0.5) is 30.7 Å². The van der Waals surface area contributed by atoms with Crippen molar-refractivity contribution in [1.82, 2.24) is 0 Å². The van der Waals surface area contributed by atoms with Crippen LogP contribution in [0.1, 0.15) is 40.0 Å². The summed E-state index contributed by atoms with van der Waals surface area (Å²) in [5.41, 5.74) is -1.29. The van der Waals surface area contributed by atoms with Gasteiger partial charge in [-0.3, -0.25) is 0 Å². The number of alkyl halides is 6. The molecule has 0 spiro atoms. The van der Waals surface area contributed by atoms with Crippen LogP contribution in [0, 0.1) is 5.82 Å². The zero-order valence-corrected chi connectivity index (χ0v) is 20.5. The molecule has 3 atom stereocenters. The molecule has 38 heavy (non-hydrogen) atoms. The van der Waals surface area contributed by atoms with Crippen molar-refractivity contribution < 1.29 is 44.7 Å². The maximum absolute atomic E-state index is 13.7. The molecule has 0 N–H and O–H groups in total. The van der Waals surface area contributed by atoms with E-state index in [0.717, 1.165) is 23.3 Å². The normalized spacial score (nSPS) is 22.4. The standard InChI is InChI=1S/C28H27F7NO2/c1-37-12-11-36(16-19-5-3-2-4-6-19)17-26(38-18-25(36)20-7-9-24(29)10-8-20)21-13-22(27(30,31)32)15-23(14-21)28(33,34)35/h2-10,13-15,25-26H,11-12,16-18H2,1H3/q+1. The fraction of sp³-hybridized carbons (Fsp3) is 0.357. The predicted molar refractivity (Wildman–Crippen MR) is 126 cm³/mol. The summed E-state index contributed by atoms with van der Waals surface area (Å²) in [4.78, 5) is 0. The zero-order valence-electron chi connectivity index (χ0n) is 20.5. The third kappa shape index (κ3) is 6.36. The Bertz CT molecular complexity index is 1180. The van der Waals surface area contributed by atoms with Crippen LogP contribution in [-0.2, 0) is 28.4 Å². The number of nitrogens with zero attached hydrogens (tertiary/aromatic N) is 1. The molecule has 4 rings (SSSR count). The number of hydrogen-bond donors (Lipinski definition) is 0. The summed E-state index contributed by atoms with van der Waals surface area (Å²) in [5.74, 6) is -0.426. The number of hydrogen-bond acceptors (Lipinski definition) is 2. The van der Waals surface area contributed by atoms with Crippen molar-refractivity contribution in [3.05, 3.63) is 106 Å². The van der Waals surface area contributed by atoms with Crippen LogP contribution >= 0.6 is 0 Å². The molecule has 0 amide bonds. The van der Waals surface area contributed by atoms with Gasteiger partial charge in [0.15, 0.2) is 0 Å². The van der Waals surface area contributed by atoms with Gasteiger partial charge in [0.05, 0.1) is 17.7 Å². The van der Waals surface area contributed by atoms with Gasteiger partial charge in [-0.1, -0.05) is 42.5 Å². The highest BCUT2D eigenvalue weighted by Crippen LogP contribution is 2.43. The van der Waals surface area contributed by atoms with Gasteiger partial charge in [-0.25, -0.2) is 4.39 Å². The summed E-state index contributed by atoms with van der Waals surface area (Å²) in [5, 5.41) is 0. The molecule has 1 heterocycles. The average Bonchev–Trinajstić information content (AvgIpc) is 2.87. The first-order chi connectivity index (χ1) is 17.9. The summed E-state index contributed by atoms with van der Waals surface area (Å²) in [6.45, 7) is 1.19. The van der Waals surface area contributed by atoms with E-state index in [1.165, 1.54) is 19.2 Å². The van der Waals surface area contributed by atoms with E-state index >= 15 is 0 Å². The van der Waals surface area contributed by atoms with E-state index in [4.69, 9.17) is 9.47 Å². The number of quaternary nitrogens is 1. The second kappa shape index (κ2) is 11.0. The average molecular weight is 543 g/mol. The quantitative estimate of drug-likeness (QED) is 0.230. The van der Waals surface area contributed by atoms with Crippen molar-refractivity contribution >= 4 is 0 Å². The van der Waals surface area contributed by atoms with Crippen molar-refractivity contribution in [3.63, 3.8) is 0 Å². The summed E-state index contributed by atoms with van der Waals surface area (Å²) in [7, 11) is 1.52. The Morgan fingerprint density at radius 3 is 2.00 bits per heavy atom. The second-order valence-electron chi connectivity index (χ2n) is 9.49. The Labute approximate surface area is 216 Å². The number of benzene rings is 3. The Kier molecular flexibility index (Phi) is 8.15. The van der Waals surface area contributed by atoms with Crippen LogP contribution in [0.3, 0.4) is 0 Å². The Morgan fingerprint density at radius 1 is 0.842 bits per heavy atom. The largest absolute Gasteiger partial charge is 0.416 e. The molecule has 1 aliphatic rings. The summed E-state index contributed by atoms with van der Waals surface area (Å²) in [6, 6.07) is 16.5. The maximum atomic E-state index is 13.7. The highest BCUT2D eigenvalue weighted by Gasteiger charge is 2.46. The third-order valence-corrected chi connectivity index (χ3v) is 6.96. The van der Waals surface area contributed by atoms with Gasteiger partial charge in [0, 0.05) is 18.2 Å². The van der Waals surface area contributed by atoms with Crippen LogP contribution in [0.5, 0.6) is 0 Å². The second-order valence-corrected chi connectivity index (χ2v) is 9.49. The molecule has 1 saturated heterocycles. The van der Waals surface area contributed by atoms with Crippen LogP contribution in [0.25, 0.3) is 0 Å². The molecule has 3 nitrogen and oxygen atoms in total. The molecule has 3 unspecified atom stereocenters. The number of methoxy groups -OCH3 is 1. The predicted octanol–water partition coefficient (Wildman–Crippen LogP) is 7.34. The number of ether oxygens (including phenoxy) is 2. The van der Waals surface area contributed by atoms with Crippen molar-refractivity contribution in [3.8, 4) is 0 Å². The Hall–Kier alpha value is -2.95. The smallest absolute Gasteiger partial charge is 0.379 e. The molecule has 3 aromatic carbocycles. The fourth-order valence-corrected chi connectivity index (χ4v) is 5.06. The highest BCUT2D eigenvalue weighted by atomic mass is 19.4. The molecule has 1 aliphatic heterocycles. The number of halogens is 7. The van der Waals surface area contributed by atoms with Crippen molar-refractivity contribution in [2.45, 2.75) is 31.0 Å². The molecule has 0 bridgehead atoms. The third-order valence-electron chi connectivity index (χ3n) is 6.96. The summed E-state index contributed by atoms with van der Waals surface area (Å²) >= 11 is 0. The maximum Gasteiger partial charge on any atom is 0.416 e. The van der Waals surface area contributed by atoms with E-state index in [-0.39, 0.29) is 41.9 Å². The molecular weight excluding hydrogens is 515 g/mol.